The van der Waals surface area contributed by atoms with E-state index in [0.717, 1.165) is 12.1 Å². The molecule has 1 aromatic carbocycles. The van der Waals surface area contributed by atoms with E-state index in [1.54, 1.807) is 0 Å². The summed E-state index contributed by atoms with van der Waals surface area (Å²) in [6, 6.07) is 2.32. The second-order valence-corrected chi connectivity index (χ2v) is 2.92. The molecule has 1 N–H and O–H groups in total. The first-order valence-electron chi connectivity index (χ1n) is 4.03. The molecule has 1 unspecified atom stereocenters. The van der Waals surface area contributed by atoms with Gasteiger partial charge in [-0.05, 0) is 17.7 Å². The van der Waals surface area contributed by atoms with Crippen LogP contribution < -0.4 is 0 Å². The highest BCUT2D eigenvalue weighted by molar-refractivity contribution is 5.30. The number of aliphatic hydroxyl groups excluding tert-OH is 1. The largest absolute Gasteiger partial charge is 0.419 e. The number of benzene rings is 1. The topological polar surface area (TPSA) is 20.2 Å². The first-order chi connectivity index (χ1) is 6.86. The van der Waals surface area contributed by atoms with E-state index in [2.05, 4.69) is 6.58 Å². The van der Waals surface area contributed by atoms with Crippen molar-refractivity contribution in [3.63, 3.8) is 0 Å². The van der Waals surface area contributed by atoms with E-state index in [1.165, 1.54) is 0 Å². The molecule has 1 atom stereocenters. The number of alkyl halides is 3. The van der Waals surface area contributed by atoms with Crippen molar-refractivity contribution in [2.24, 2.45) is 0 Å². The molecule has 0 radical (unpaired) electrons. The fourth-order valence-corrected chi connectivity index (χ4v) is 1.08. The first-order valence-corrected chi connectivity index (χ1v) is 4.03. The zero-order valence-electron chi connectivity index (χ0n) is 7.55. The van der Waals surface area contributed by atoms with E-state index in [0.29, 0.717) is 12.1 Å². The predicted molar refractivity (Wildman–Crippen MR) is 46.6 cm³/mol. The normalized spacial score (nSPS) is 13.7. The summed E-state index contributed by atoms with van der Waals surface area (Å²) < 4.78 is 49.6. The third-order valence-electron chi connectivity index (χ3n) is 1.86. The van der Waals surface area contributed by atoms with E-state index in [-0.39, 0.29) is 5.56 Å². The van der Waals surface area contributed by atoms with Gasteiger partial charge < -0.3 is 5.11 Å². The number of aliphatic hydroxyl groups is 1. The quantitative estimate of drug-likeness (QED) is 0.599. The Labute approximate surface area is 83.7 Å². The van der Waals surface area contributed by atoms with Gasteiger partial charge in [-0.2, -0.15) is 13.2 Å². The molecule has 0 aliphatic carbocycles. The van der Waals surface area contributed by atoms with Gasteiger partial charge >= 0.3 is 6.18 Å². The van der Waals surface area contributed by atoms with Crippen LogP contribution in [-0.2, 0) is 6.18 Å². The fourth-order valence-electron chi connectivity index (χ4n) is 1.08. The Morgan fingerprint density at radius 1 is 1.33 bits per heavy atom. The molecule has 15 heavy (non-hydrogen) atoms. The van der Waals surface area contributed by atoms with Gasteiger partial charge in [0.05, 0.1) is 11.7 Å². The standard InChI is InChI=1S/C10H8F4O/c1-2-9(15)6-3-4-8(11)7(5-6)10(12,13)14/h2-5,9,15H,1H2. The summed E-state index contributed by atoms with van der Waals surface area (Å²) in [5, 5.41) is 9.20. The maximum Gasteiger partial charge on any atom is 0.419 e. The molecular weight excluding hydrogens is 212 g/mol. The second kappa shape index (κ2) is 4.02. The van der Waals surface area contributed by atoms with Crippen molar-refractivity contribution in [1.82, 2.24) is 0 Å². The van der Waals surface area contributed by atoms with E-state index >= 15 is 0 Å². The van der Waals surface area contributed by atoms with Gasteiger partial charge in [0.1, 0.15) is 5.82 Å². The predicted octanol–water partition coefficient (Wildman–Crippen LogP) is 3.06. The Bertz CT molecular complexity index is 370. The Morgan fingerprint density at radius 2 is 1.93 bits per heavy atom. The maximum atomic E-state index is 12.8. The number of hydrogen-bond acceptors (Lipinski definition) is 1. The van der Waals surface area contributed by atoms with Crippen molar-refractivity contribution in [2.45, 2.75) is 12.3 Å². The van der Waals surface area contributed by atoms with Crippen LogP contribution in [0.15, 0.2) is 30.9 Å². The monoisotopic (exact) mass is 220 g/mol. The van der Waals surface area contributed by atoms with Crippen LogP contribution in [0, 0.1) is 5.82 Å². The van der Waals surface area contributed by atoms with Gasteiger partial charge in [0.25, 0.3) is 0 Å². The lowest BCUT2D eigenvalue weighted by atomic mass is 10.1. The summed E-state index contributed by atoms with van der Waals surface area (Å²) in [4.78, 5) is 0. The molecule has 0 aromatic heterocycles. The zero-order chi connectivity index (χ0) is 11.6. The first kappa shape index (κ1) is 11.7. The van der Waals surface area contributed by atoms with Crippen LogP contribution in [0.25, 0.3) is 0 Å². The Kier molecular flexibility index (Phi) is 3.14. The molecule has 0 saturated carbocycles. The molecule has 0 bridgehead atoms. The van der Waals surface area contributed by atoms with Crippen molar-refractivity contribution >= 4 is 0 Å². The summed E-state index contributed by atoms with van der Waals surface area (Å²) in [7, 11) is 0. The third kappa shape index (κ3) is 2.56. The minimum Gasteiger partial charge on any atom is -0.384 e. The minimum atomic E-state index is -4.76. The maximum absolute atomic E-state index is 12.8. The molecule has 0 fully saturated rings. The minimum absolute atomic E-state index is 0.0428. The Balaban J connectivity index is 3.22. The van der Waals surface area contributed by atoms with Gasteiger partial charge in [0.2, 0.25) is 0 Å². The highest BCUT2D eigenvalue weighted by Gasteiger charge is 2.34. The van der Waals surface area contributed by atoms with Gasteiger partial charge in [-0.1, -0.05) is 12.1 Å². The van der Waals surface area contributed by atoms with E-state index in [1.807, 2.05) is 0 Å². The van der Waals surface area contributed by atoms with Crippen LogP contribution in [0.3, 0.4) is 0 Å². The lowest BCUT2D eigenvalue weighted by Gasteiger charge is -2.11. The van der Waals surface area contributed by atoms with Crippen molar-refractivity contribution < 1.29 is 22.7 Å². The summed E-state index contributed by atoms with van der Waals surface area (Å²) in [6.45, 7) is 3.23. The van der Waals surface area contributed by atoms with Crippen LogP contribution in [0.1, 0.15) is 17.2 Å². The van der Waals surface area contributed by atoms with Crippen molar-refractivity contribution in [3.05, 3.63) is 47.8 Å². The summed E-state index contributed by atoms with van der Waals surface area (Å²) in [5.41, 5.74) is -1.43. The molecule has 0 aliphatic heterocycles. The molecular formula is C10H8F4O. The molecule has 5 heteroatoms. The summed E-state index contributed by atoms with van der Waals surface area (Å²) in [5.74, 6) is -1.36. The Hall–Kier alpha value is -1.36. The van der Waals surface area contributed by atoms with Gasteiger partial charge in [0.15, 0.2) is 0 Å². The smallest absolute Gasteiger partial charge is 0.384 e. The van der Waals surface area contributed by atoms with Gasteiger partial charge in [-0.25, -0.2) is 4.39 Å². The Morgan fingerprint density at radius 3 is 2.40 bits per heavy atom. The molecule has 1 rings (SSSR count). The van der Waals surface area contributed by atoms with Crippen LogP contribution in [-0.4, -0.2) is 5.11 Å². The van der Waals surface area contributed by atoms with Gasteiger partial charge in [-0.3, -0.25) is 0 Å². The fraction of sp³-hybridized carbons (Fsp3) is 0.200. The molecule has 0 heterocycles. The molecule has 0 saturated heterocycles. The average Bonchev–Trinajstić information content (AvgIpc) is 2.15. The van der Waals surface area contributed by atoms with Gasteiger partial charge in [-0.15, -0.1) is 6.58 Å². The van der Waals surface area contributed by atoms with Crippen LogP contribution >= 0.6 is 0 Å². The molecule has 0 spiro atoms. The second-order valence-electron chi connectivity index (χ2n) is 2.92. The zero-order valence-corrected chi connectivity index (χ0v) is 7.55. The van der Waals surface area contributed by atoms with E-state index < -0.39 is 23.7 Å². The third-order valence-corrected chi connectivity index (χ3v) is 1.86. The lowest BCUT2D eigenvalue weighted by molar-refractivity contribution is -0.140. The van der Waals surface area contributed by atoms with Crippen molar-refractivity contribution in [1.29, 1.82) is 0 Å². The number of hydrogen-bond donors (Lipinski definition) is 1. The van der Waals surface area contributed by atoms with Crippen LogP contribution in [0.4, 0.5) is 17.6 Å². The average molecular weight is 220 g/mol. The molecule has 1 nitrogen and oxygen atoms in total. The molecule has 0 amide bonds. The van der Waals surface area contributed by atoms with Crippen molar-refractivity contribution in [3.8, 4) is 0 Å². The van der Waals surface area contributed by atoms with E-state index in [9.17, 15) is 22.7 Å². The van der Waals surface area contributed by atoms with Gasteiger partial charge in [0, 0.05) is 0 Å². The highest BCUT2D eigenvalue weighted by atomic mass is 19.4. The number of rotatable bonds is 2. The van der Waals surface area contributed by atoms with Crippen molar-refractivity contribution in [2.75, 3.05) is 0 Å². The molecule has 0 aliphatic rings. The molecule has 82 valence electrons. The van der Waals surface area contributed by atoms with E-state index in [4.69, 9.17) is 0 Å². The highest BCUT2D eigenvalue weighted by Crippen LogP contribution is 2.33. The SMILES string of the molecule is C=CC(O)c1ccc(F)c(C(F)(F)F)c1. The van der Waals surface area contributed by atoms with Crippen LogP contribution in [0.5, 0.6) is 0 Å². The molecule has 1 aromatic rings. The number of halogens is 4. The summed E-state index contributed by atoms with van der Waals surface area (Å²) >= 11 is 0. The lowest BCUT2D eigenvalue weighted by Crippen LogP contribution is -2.09. The van der Waals surface area contributed by atoms with Crippen LogP contribution in [0.2, 0.25) is 0 Å². The summed E-state index contributed by atoms with van der Waals surface area (Å²) in [6.07, 6.45) is -4.93.